The number of nitrogens with zero attached hydrogens (tertiary/aromatic N) is 3. The van der Waals surface area contributed by atoms with Gasteiger partial charge in [0, 0.05) is 28.6 Å². The molecule has 8 heteroatoms. The summed E-state index contributed by atoms with van der Waals surface area (Å²) in [5.41, 5.74) is 5.02. The number of ketones is 1. The van der Waals surface area contributed by atoms with Gasteiger partial charge in [-0.3, -0.25) is 14.9 Å². The zero-order valence-corrected chi connectivity index (χ0v) is 17.9. The Balaban J connectivity index is 1.61. The van der Waals surface area contributed by atoms with Gasteiger partial charge in [0.1, 0.15) is 16.2 Å². The topological polar surface area (TPSA) is 86.0 Å². The van der Waals surface area contributed by atoms with Crippen LogP contribution in [-0.2, 0) is 0 Å². The number of nitro benzene ring substituents is 1. The number of nitro groups is 1. The summed E-state index contributed by atoms with van der Waals surface area (Å²) < 4.78 is 0. The summed E-state index contributed by atoms with van der Waals surface area (Å²) in [5, 5.41) is 14.6. The summed E-state index contributed by atoms with van der Waals surface area (Å²) in [4.78, 5) is 32.6. The Bertz CT molecular complexity index is 1270. The smallest absolute Gasteiger partial charge is 0.269 e. The van der Waals surface area contributed by atoms with Crippen LogP contribution in [0.5, 0.6) is 0 Å². The van der Waals surface area contributed by atoms with E-state index in [1.165, 1.54) is 53.5 Å². The van der Waals surface area contributed by atoms with E-state index in [0.29, 0.717) is 5.56 Å². The SMILES string of the molecule is Cc1ccc(-c2csc3ncnc(SCC(=O)c4ccc([N+](=O)[O-])cc4)c23)cc1C. The van der Waals surface area contributed by atoms with Gasteiger partial charge in [0.25, 0.3) is 5.69 Å². The molecule has 0 atom stereocenters. The predicted molar refractivity (Wildman–Crippen MR) is 120 cm³/mol. The first-order valence-corrected chi connectivity index (χ1v) is 11.0. The molecule has 4 rings (SSSR count). The van der Waals surface area contributed by atoms with Gasteiger partial charge >= 0.3 is 0 Å². The number of thioether (sulfide) groups is 1. The molecule has 0 radical (unpaired) electrons. The average Bonchev–Trinajstić information content (AvgIpc) is 3.19. The van der Waals surface area contributed by atoms with Crippen molar-refractivity contribution < 1.29 is 9.72 Å². The Kier molecular flexibility index (Phi) is 5.61. The Morgan fingerprint density at radius 3 is 2.57 bits per heavy atom. The third-order valence-electron chi connectivity index (χ3n) is 4.89. The molecule has 150 valence electrons. The number of aryl methyl sites for hydroxylation is 2. The molecular weight excluding hydrogens is 418 g/mol. The molecule has 0 fully saturated rings. The Morgan fingerprint density at radius 2 is 1.87 bits per heavy atom. The number of carbonyl (C=O) groups excluding carboxylic acids is 1. The van der Waals surface area contributed by atoms with E-state index in [0.717, 1.165) is 26.4 Å². The molecule has 0 aliphatic rings. The lowest BCUT2D eigenvalue weighted by Gasteiger charge is -2.07. The highest BCUT2D eigenvalue weighted by molar-refractivity contribution is 8.00. The Morgan fingerprint density at radius 1 is 1.10 bits per heavy atom. The van der Waals surface area contributed by atoms with Gasteiger partial charge in [0.15, 0.2) is 5.78 Å². The van der Waals surface area contributed by atoms with Crippen molar-refractivity contribution in [1.82, 2.24) is 9.97 Å². The molecule has 2 heterocycles. The van der Waals surface area contributed by atoms with E-state index in [4.69, 9.17) is 0 Å². The van der Waals surface area contributed by atoms with Crippen LogP contribution in [0.1, 0.15) is 21.5 Å². The van der Waals surface area contributed by atoms with Crippen molar-refractivity contribution in [3.63, 3.8) is 0 Å². The van der Waals surface area contributed by atoms with Crippen molar-refractivity contribution in [3.8, 4) is 11.1 Å². The molecule has 0 saturated heterocycles. The van der Waals surface area contributed by atoms with Crippen molar-refractivity contribution >= 4 is 44.8 Å². The van der Waals surface area contributed by atoms with Gasteiger partial charge in [-0.2, -0.15) is 0 Å². The van der Waals surface area contributed by atoms with E-state index < -0.39 is 4.92 Å². The summed E-state index contributed by atoms with van der Waals surface area (Å²) in [6.07, 6.45) is 1.52. The highest BCUT2D eigenvalue weighted by Crippen LogP contribution is 2.38. The fourth-order valence-electron chi connectivity index (χ4n) is 3.06. The maximum absolute atomic E-state index is 12.6. The Labute approximate surface area is 181 Å². The van der Waals surface area contributed by atoms with Crippen LogP contribution in [0.3, 0.4) is 0 Å². The lowest BCUT2D eigenvalue weighted by atomic mass is 10.0. The highest BCUT2D eigenvalue weighted by Gasteiger charge is 2.16. The summed E-state index contributed by atoms with van der Waals surface area (Å²) in [6, 6.07) is 12.0. The van der Waals surface area contributed by atoms with Gasteiger partial charge in [-0.1, -0.05) is 30.0 Å². The second-order valence-corrected chi connectivity index (χ2v) is 8.65. The second-order valence-electron chi connectivity index (χ2n) is 6.82. The number of hydrogen-bond donors (Lipinski definition) is 0. The van der Waals surface area contributed by atoms with Crippen LogP contribution in [0, 0.1) is 24.0 Å². The first kappa shape index (κ1) is 20.2. The fourth-order valence-corrected chi connectivity index (χ4v) is 4.95. The number of thiophene rings is 1. The first-order valence-electron chi connectivity index (χ1n) is 9.14. The van der Waals surface area contributed by atoms with Crippen LogP contribution >= 0.6 is 23.1 Å². The van der Waals surface area contributed by atoms with Gasteiger partial charge in [0.2, 0.25) is 0 Å². The molecule has 6 nitrogen and oxygen atoms in total. The molecule has 0 aliphatic heterocycles. The monoisotopic (exact) mass is 435 g/mol. The number of rotatable bonds is 6. The zero-order chi connectivity index (χ0) is 21.3. The van der Waals surface area contributed by atoms with Gasteiger partial charge in [0.05, 0.1) is 16.1 Å². The normalized spacial score (nSPS) is 11.0. The lowest BCUT2D eigenvalue weighted by molar-refractivity contribution is -0.384. The van der Waals surface area contributed by atoms with Crippen LogP contribution in [0.25, 0.3) is 21.3 Å². The molecule has 4 aromatic rings. The summed E-state index contributed by atoms with van der Waals surface area (Å²) in [6.45, 7) is 4.17. The molecule has 0 N–H and O–H groups in total. The summed E-state index contributed by atoms with van der Waals surface area (Å²) >= 11 is 2.91. The van der Waals surface area contributed by atoms with Gasteiger partial charge in [-0.15, -0.1) is 11.3 Å². The standard InChI is InChI=1S/C22H17N3O3S2/c1-13-3-4-16(9-14(13)2)18-10-29-21-20(18)22(24-12-23-21)30-11-19(26)15-5-7-17(8-6-15)25(27)28/h3-10,12H,11H2,1-2H3. The molecule has 0 saturated carbocycles. The number of benzene rings is 2. The van der Waals surface area contributed by atoms with E-state index in [9.17, 15) is 14.9 Å². The summed E-state index contributed by atoms with van der Waals surface area (Å²) in [5.74, 6) is 0.0798. The van der Waals surface area contributed by atoms with Crippen LogP contribution in [0.2, 0.25) is 0 Å². The average molecular weight is 436 g/mol. The van der Waals surface area contributed by atoms with Gasteiger partial charge in [-0.25, -0.2) is 9.97 Å². The maximum Gasteiger partial charge on any atom is 0.269 e. The molecule has 2 aromatic carbocycles. The molecule has 0 amide bonds. The van der Waals surface area contributed by atoms with Crippen LogP contribution in [0.15, 0.2) is 59.2 Å². The summed E-state index contributed by atoms with van der Waals surface area (Å²) in [7, 11) is 0. The van der Waals surface area contributed by atoms with Crippen molar-refractivity contribution in [2.24, 2.45) is 0 Å². The third kappa shape index (κ3) is 3.96. The fraction of sp³-hybridized carbons (Fsp3) is 0.136. The van der Waals surface area contributed by atoms with E-state index in [2.05, 4.69) is 47.4 Å². The van der Waals surface area contributed by atoms with E-state index in [-0.39, 0.29) is 17.2 Å². The molecule has 0 spiro atoms. The minimum atomic E-state index is -0.481. The van der Waals surface area contributed by atoms with Crippen LogP contribution in [-0.4, -0.2) is 26.4 Å². The maximum atomic E-state index is 12.6. The number of carbonyl (C=O) groups is 1. The largest absolute Gasteiger partial charge is 0.293 e. The molecular formula is C22H17N3O3S2. The zero-order valence-electron chi connectivity index (χ0n) is 16.3. The van der Waals surface area contributed by atoms with Gasteiger partial charge < -0.3 is 0 Å². The van der Waals surface area contributed by atoms with Crippen molar-refractivity contribution in [3.05, 3.63) is 81.0 Å². The molecule has 0 aliphatic carbocycles. The predicted octanol–water partition coefficient (Wildman–Crippen LogP) is 5.86. The van der Waals surface area contributed by atoms with Crippen molar-refractivity contribution in [2.45, 2.75) is 18.9 Å². The van der Waals surface area contributed by atoms with E-state index in [1.807, 2.05) is 0 Å². The van der Waals surface area contributed by atoms with Crippen LogP contribution < -0.4 is 0 Å². The first-order chi connectivity index (χ1) is 14.4. The highest BCUT2D eigenvalue weighted by atomic mass is 32.2. The number of aromatic nitrogens is 2. The number of Topliss-reactive ketones (excluding diaryl/α,β-unsaturated/α-hetero) is 1. The molecule has 30 heavy (non-hydrogen) atoms. The molecule has 0 unspecified atom stereocenters. The molecule has 0 bridgehead atoms. The number of non-ortho nitro benzene ring substituents is 1. The second kappa shape index (κ2) is 8.33. The van der Waals surface area contributed by atoms with Gasteiger partial charge in [-0.05, 0) is 42.7 Å². The van der Waals surface area contributed by atoms with Crippen molar-refractivity contribution in [2.75, 3.05) is 5.75 Å². The quantitative estimate of drug-likeness (QED) is 0.124. The minimum absolute atomic E-state index is 0.0342. The minimum Gasteiger partial charge on any atom is -0.293 e. The number of hydrogen-bond acceptors (Lipinski definition) is 7. The lowest BCUT2D eigenvalue weighted by Crippen LogP contribution is -2.03. The Hall–Kier alpha value is -3.10. The van der Waals surface area contributed by atoms with Crippen molar-refractivity contribution in [1.29, 1.82) is 0 Å². The van der Waals surface area contributed by atoms with E-state index in [1.54, 1.807) is 11.3 Å². The van der Waals surface area contributed by atoms with Crippen LogP contribution in [0.4, 0.5) is 5.69 Å². The van der Waals surface area contributed by atoms with E-state index >= 15 is 0 Å². The molecule has 2 aromatic heterocycles. The third-order valence-corrected chi connectivity index (χ3v) is 6.77. The number of fused-ring (bicyclic) bond motifs is 1.